The molecule has 0 saturated heterocycles. The summed E-state index contributed by atoms with van der Waals surface area (Å²) < 4.78 is 0. The van der Waals surface area contributed by atoms with E-state index < -0.39 is 0 Å². The van der Waals surface area contributed by atoms with Crippen LogP contribution in [-0.4, -0.2) is 0 Å². The minimum absolute atomic E-state index is 0.997. The molecule has 0 radical (unpaired) electrons. The molecule has 1 aliphatic carbocycles. The predicted octanol–water partition coefficient (Wildman–Crippen LogP) is 2.50. The van der Waals surface area contributed by atoms with Crippen molar-refractivity contribution >= 4 is 0 Å². The Morgan fingerprint density at radius 3 is 1.88 bits per heavy atom. The molecule has 2 atom stereocenters. The first-order valence-corrected chi connectivity index (χ1v) is 3.56. The van der Waals surface area contributed by atoms with E-state index in [0.29, 0.717) is 0 Å². The van der Waals surface area contributed by atoms with Crippen LogP contribution in [0.25, 0.3) is 0 Å². The van der Waals surface area contributed by atoms with E-state index in [-0.39, 0.29) is 0 Å². The molecule has 0 aliphatic heterocycles. The summed E-state index contributed by atoms with van der Waals surface area (Å²) in [6, 6.07) is 0. The average molecular weight is 111 g/mol. The maximum absolute atomic E-state index is 3.83. The second-order valence-electron chi connectivity index (χ2n) is 3.02. The molecule has 0 aromatic carbocycles. The lowest BCUT2D eigenvalue weighted by molar-refractivity contribution is 0.665. The van der Waals surface area contributed by atoms with Gasteiger partial charge >= 0.3 is 0 Å². The zero-order valence-corrected chi connectivity index (χ0v) is 5.85. The van der Waals surface area contributed by atoms with E-state index in [1.165, 1.54) is 6.42 Å². The molecule has 2 unspecified atom stereocenters. The van der Waals surface area contributed by atoms with Crippen LogP contribution in [-0.2, 0) is 0 Å². The highest BCUT2D eigenvalue weighted by Gasteiger charge is 2.41. The van der Waals surface area contributed by atoms with Gasteiger partial charge in [0.15, 0.2) is 0 Å². The Bertz CT molecular complexity index is 68.1. The van der Waals surface area contributed by atoms with Crippen molar-refractivity contribution < 1.29 is 0 Å². The Morgan fingerprint density at radius 2 is 1.75 bits per heavy atom. The van der Waals surface area contributed by atoms with Gasteiger partial charge in [-0.15, -0.1) is 0 Å². The molecule has 0 heterocycles. The zero-order valence-electron chi connectivity index (χ0n) is 5.85. The van der Waals surface area contributed by atoms with Gasteiger partial charge in [0.2, 0.25) is 0 Å². The van der Waals surface area contributed by atoms with Crippen LogP contribution in [0, 0.1) is 24.7 Å². The highest BCUT2D eigenvalue weighted by molar-refractivity contribution is 4.90. The molecule has 0 spiro atoms. The van der Waals surface area contributed by atoms with Gasteiger partial charge in [0.05, 0.1) is 13.3 Å². The molecule has 0 amide bonds. The summed E-state index contributed by atoms with van der Waals surface area (Å²) in [4.78, 5) is 0. The van der Waals surface area contributed by atoms with Crippen molar-refractivity contribution in [1.82, 2.24) is 0 Å². The van der Waals surface area contributed by atoms with Crippen LogP contribution in [0.1, 0.15) is 26.7 Å². The topological polar surface area (TPSA) is 0 Å². The van der Waals surface area contributed by atoms with Gasteiger partial charge in [-0.3, -0.25) is 0 Å². The van der Waals surface area contributed by atoms with Crippen LogP contribution in [0.5, 0.6) is 0 Å². The molecule has 1 saturated carbocycles. The standard InChI is InChI=1S/C8H15/c1-4-5-8-6(2)7(8)3/h6-8H,1,4-5H2,2-3H3/q+1. The van der Waals surface area contributed by atoms with E-state index in [9.17, 15) is 0 Å². The summed E-state index contributed by atoms with van der Waals surface area (Å²) in [5.41, 5.74) is 0. The van der Waals surface area contributed by atoms with Crippen LogP contribution in [0.2, 0.25) is 0 Å². The summed E-state index contributed by atoms with van der Waals surface area (Å²) in [7, 11) is 0. The van der Waals surface area contributed by atoms with Crippen molar-refractivity contribution in [1.29, 1.82) is 0 Å². The maximum Gasteiger partial charge on any atom is 0.0853 e. The third kappa shape index (κ3) is 0.841. The molecule has 0 aromatic rings. The van der Waals surface area contributed by atoms with Crippen LogP contribution < -0.4 is 0 Å². The van der Waals surface area contributed by atoms with Gasteiger partial charge in [-0.25, -0.2) is 0 Å². The fourth-order valence-electron chi connectivity index (χ4n) is 1.53. The normalized spacial score (nSPS) is 44.5. The molecule has 0 aromatic heterocycles. The molecule has 0 heteroatoms. The first kappa shape index (κ1) is 6.00. The lowest BCUT2D eigenvalue weighted by Crippen LogP contribution is -1.76. The van der Waals surface area contributed by atoms with Crippen molar-refractivity contribution in [3.63, 3.8) is 0 Å². The largest absolute Gasteiger partial charge is 0.0853 e. The van der Waals surface area contributed by atoms with Crippen molar-refractivity contribution in [2.45, 2.75) is 26.7 Å². The van der Waals surface area contributed by atoms with Crippen molar-refractivity contribution in [2.24, 2.45) is 17.8 Å². The highest BCUT2D eigenvalue weighted by Crippen LogP contribution is 2.47. The number of hydrogen-bond donors (Lipinski definition) is 0. The average Bonchev–Trinajstić information content (AvgIpc) is 2.25. The minimum atomic E-state index is 0.997. The Hall–Kier alpha value is -0.130. The van der Waals surface area contributed by atoms with Gasteiger partial charge in [0.1, 0.15) is 0 Å². The molecule has 1 rings (SSSR count). The maximum atomic E-state index is 3.83. The van der Waals surface area contributed by atoms with Gasteiger partial charge in [0, 0.05) is 0 Å². The Balaban J connectivity index is 2.13. The van der Waals surface area contributed by atoms with Gasteiger partial charge in [-0.05, 0) is 24.2 Å². The first-order valence-electron chi connectivity index (χ1n) is 3.56. The van der Waals surface area contributed by atoms with E-state index in [1.807, 2.05) is 0 Å². The quantitative estimate of drug-likeness (QED) is 0.480. The SMILES string of the molecule is [CH2+]CCC1C(C)C1C. The van der Waals surface area contributed by atoms with Gasteiger partial charge < -0.3 is 0 Å². The molecule has 0 N–H and O–H groups in total. The van der Waals surface area contributed by atoms with E-state index in [1.54, 1.807) is 0 Å². The Kier molecular flexibility index (Phi) is 1.50. The first-order chi connectivity index (χ1) is 3.77. The lowest BCUT2D eigenvalue weighted by atomic mass is 10.2. The minimum Gasteiger partial charge on any atom is -0.0620 e. The van der Waals surface area contributed by atoms with Gasteiger partial charge in [-0.2, -0.15) is 0 Å². The molecule has 1 aliphatic rings. The van der Waals surface area contributed by atoms with Crippen LogP contribution in [0.3, 0.4) is 0 Å². The van der Waals surface area contributed by atoms with Crippen molar-refractivity contribution in [2.75, 3.05) is 0 Å². The molecule has 0 nitrogen and oxygen atoms in total. The summed E-state index contributed by atoms with van der Waals surface area (Å²) in [6.07, 6.45) is 2.47. The van der Waals surface area contributed by atoms with E-state index >= 15 is 0 Å². The molecule has 0 bridgehead atoms. The summed E-state index contributed by atoms with van der Waals surface area (Å²) in [5.74, 6) is 3.01. The zero-order chi connectivity index (χ0) is 6.15. The third-order valence-electron chi connectivity index (χ3n) is 2.58. The fourth-order valence-corrected chi connectivity index (χ4v) is 1.53. The summed E-state index contributed by atoms with van der Waals surface area (Å²) in [5, 5.41) is 0. The molecule has 8 heavy (non-hydrogen) atoms. The predicted molar refractivity (Wildman–Crippen MR) is 36.4 cm³/mol. The van der Waals surface area contributed by atoms with Gasteiger partial charge in [0.25, 0.3) is 0 Å². The molecular formula is C8H15+. The molecule has 46 valence electrons. The molecule has 1 fully saturated rings. The van der Waals surface area contributed by atoms with Crippen molar-refractivity contribution in [3.8, 4) is 0 Å². The highest BCUT2D eigenvalue weighted by atomic mass is 14.5. The fraction of sp³-hybridized carbons (Fsp3) is 0.875. The second kappa shape index (κ2) is 2.00. The monoisotopic (exact) mass is 111 g/mol. The summed E-state index contributed by atoms with van der Waals surface area (Å²) in [6.45, 7) is 8.51. The molecular weight excluding hydrogens is 96.1 g/mol. The van der Waals surface area contributed by atoms with Crippen LogP contribution in [0.4, 0.5) is 0 Å². The number of rotatable bonds is 2. The van der Waals surface area contributed by atoms with Crippen LogP contribution >= 0.6 is 0 Å². The van der Waals surface area contributed by atoms with E-state index in [0.717, 1.165) is 24.2 Å². The third-order valence-corrected chi connectivity index (χ3v) is 2.58. The Morgan fingerprint density at radius 1 is 1.25 bits per heavy atom. The van der Waals surface area contributed by atoms with E-state index in [2.05, 4.69) is 20.8 Å². The Labute approximate surface area is 52.3 Å². The second-order valence-corrected chi connectivity index (χ2v) is 3.02. The van der Waals surface area contributed by atoms with Crippen molar-refractivity contribution in [3.05, 3.63) is 6.92 Å². The smallest absolute Gasteiger partial charge is 0.0620 e. The number of hydrogen-bond acceptors (Lipinski definition) is 0. The van der Waals surface area contributed by atoms with E-state index in [4.69, 9.17) is 0 Å². The lowest BCUT2D eigenvalue weighted by Gasteiger charge is -1.83. The summed E-state index contributed by atoms with van der Waals surface area (Å²) >= 11 is 0. The van der Waals surface area contributed by atoms with Gasteiger partial charge in [-0.1, -0.05) is 13.8 Å². The van der Waals surface area contributed by atoms with Crippen LogP contribution in [0.15, 0.2) is 0 Å².